The van der Waals surface area contributed by atoms with Crippen LogP contribution in [0.3, 0.4) is 0 Å². The molecule has 0 saturated heterocycles. The lowest BCUT2D eigenvalue weighted by Gasteiger charge is -2.14. The molecule has 0 aliphatic heterocycles. The highest BCUT2D eigenvalue weighted by Crippen LogP contribution is 2.41. The summed E-state index contributed by atoms with van der Waals surface area (Å²) in [5.41, 5.74) is 0.142. The van der Waals surface area contributed by atoms with E-state index in [1.54, 1.807) is 12.1 Å². The largest absolute Gasteiger partial charge is 0.508 e. The van der Waals surface area contributed by atoms with Crippen molar-refractivity contribution in [3.05, 3.63) is 52.6 Å². The smallest absolute Gasteiger partial charge is 0.193 e. The quantitative estimate of drug-likeness (QED) is 0.443. The molecule has 0 fully saturated rings. The van der Waals surface area contributed by atoms with Crippen LogP contribution in [0.1, 0.15) is 31.8 Å². The van der Waals surface area contributed by atoms with Gasteiger partial charge in [-0.05, 0) is 30.7 Å². The number of methoxy groups -OCH3 is 1. The van der Waals surface area contributed by atoms with E-state index < -0.39 is 17.3 Å². The summed E-state index contributed by atoms with van der Waals surface area (Å²) in [4.78, 5) is 23.5. The van der Waals surface area contributed by atoms with Crippen LogP contribution < -0.4 is 4.74 Å². The number of rotatable bonds is 5. The van der Waals surface area contributed by atoms with E-state index in [1.807, 2.05) is 0 Å². The zero-order chi connectivity index (χ0) is 17.9. The molecule has 0 aromatic heterocycles. The highest BCUT2D eigenvalue weighted by molar-refractivity contribution is 6.12. The van der Waals surface area contributed by atoms with Crippen molar-refractivity contribution in [1.82, 2.24) is 0 Å². The first kappa shape index (κ1) is 17.1. The van der Waals surface area contributed by atoms with Gasteiger partial charge in [-0.15, -0.1) is 0 Å². The second kappa shape index (κ2) is 6.87. The SMILES string of the molecule is COc1c(C)c(O)c(C(=O)C=Cc2cccc(O)c2)c(O)c1C=O. The predicted octanol–water partition coefficient (Wildman–Crippen LogP) is 2.83. The molecule has 0 aliphatic carbocycles. The predicted molar refractivity (Wildman–Crippen MR) is 87.9 cm³/mol. The molecule has 3 N–H and O–H groups in total. The van der Waals surface area contributed by atoms with E-state index in [-0.39, 0.29) is 28.2 Å². The van der Waals surface area contributed by atoms with Crippen molar-refractivity contribution in [3.63, 3.8) is 0 Å². The van der Waals surface area contributed by atoms with Crippen LogP contribution >= 0.6 is 0 Å². The van der Waals surface area contributed by atoms with Crippen LogP contribution in [-0.2, 0) is 0 Å². The molecular weight excluding hydrogens is 312 g/mol. The monoisotopic (exact) mass is 328 g/mol. The number of ether oxygens (including phenoxy) is 1. The lowest BCUT2D eigenvalue weighted by molar-refractivity contribution is 0.104. The number of hydrogen-bond acceptors (Lipinski definition) is 6. The van der Waals surface area contributed by atoms with E-state index in [0.717, 1.165) is 6.08 Å². The molecule has 0 unspecified atom stereocenters. The Balaban J connectivity index is 2.50. The first-order valence-electron chi connectivity index (χ1n) is 6.99. The molecule has 6 heteroatoms. The minimum atomic E-state index is -0.692. The molecule has 0 amide bonds. The summed E-state index contributed by atoms with van der Waals surface area (Å²) < 4.78 is 5.00. The van der Waals surface area contributed by atoms with Gasteiger partial charge in [-0.25, -0.2) is 0 Å². The Kier molecular flexibility index (Phi) is 4.89. The van der Waals surface area contributed by atoms with E-state index in [0.29, 0.717) is 11.8 Å². The Labute approximate surface area is 138 Å². The molecule has 0 bridgehead atoms. The van der Waals surface area contributed by atoms with Crippen molar-refractivity contribution >= 4 is 18.1 Å². The summed E-state index contributed by atoms with van der Waals surface area (Å²) in [5.74, 6) is -1.74. The maximum absolute atomic E-state index is 12.3. The van der Waals surface area contributed by atoms with E-state index in [1.165, 1.54) is 32.2 Å². The number of benzene rings is 2. The van der Waals surface area contributed by atoms with Crippen LogP contribution in [-0.4, -0.2) is 34.5 Å². The van der Waals surface area contributed by atoms with Crippen molar-refractivity contribution in [2.45, 2.75) is 6.92 Å². The molecule has 0 saturated carbocycles. The highest BCUT2D eigenvalue weighted by atomic mass is 16.5. The van der Waals surface area contributed by atoms with E-state index in [4.69, 9.17) is 4.74 Å². The molecule has 2 aromatic rings. The number of phenols is 3. The molecule has 0 aliphatic rings. The molecule has 0 spiro atoms. The fourth-order valence-corrected chi connectivity index (χ4v) is 2.34. The maximum atomic E-state index is 12.3. The highest BCUT2D eigenvalue weighted by Gasteiger charge is 2.25. The molecular formula is C18H16O6. The summed E-state index contributed by atoms with van der Waals surface area (Å²) in [5, 5.41) is 29.7. The van der Waals surface area contributed by atoms with Gasteiger partial charge in [0.1, 0.15) is 28.6 Å². The Morgan fingerprint density at radius 1 is 1.17 bits per heavy atom. The average molecular weight is 328 g/mol. The number of allylic oxidation sites excluding steroid dienone is 1. The van der Waals surface area contributed by atoms with Gasteiger partial charge >= 0.3 is 0 Å². The van der Waals surface area contributed by atoms with E-state index in [9.17, 15) is 24.9 Å². The van der Waals surface area contributed by atoms with Crippen LogP contribution in [0.2, 0.25) is 0 Å². The Hall–Kier alpha value is -3.28. The average Bonchev–Trinajstić information content (AvgIpc) is 2.56. The number of ketones is 1. The summed E-state index contributed by atoms with van der Waals surface area (Å²) in [6.07, 6.45) is 2.90. The minimum Gasteiger partial charge on any atom is -0.508 e. The minimum absolute atomic E-state index is 0.00788. The zero-order valence-corrected chi connectivity index (χ0v) is 13.1. The third kappa shape index (κ3) is 3.08. The Bertz CT molecular complexity index is 836. The van der Waals surface area contributed by atoms with Gasteiger partial charge in [-0.2, -0.15) is 0 Å². The van der Waals surface area contributed by atoms with Gasteiger partial charge in [0.05, 0.1) is 12.7 Å². The lowest BCUT2D eigenvalue weighted by Crippen LogP contribution is -2.03. The Morgan fingerprint density at radius 3 is 2.46 bits per heavy atom. The molecule has 0 atom stereocenters. The second-order valence-corrected chi connectivity index (χ2v) is 5.05. The third-order valence-electron chi connectivity index (χ3n) is 3.53. The summed E-state index contributed by atoms with van der Waals surface area (Å²) in [6.45, 7) is 1.47. The molecule has 24 heavy (non-hydrogen) atoms. The van der Waals surface area contributed by atoms with Crippen molar-refractivity contribution < 1.29 is 29.6 Å². The standard InChI is InChI=1S/C18H16O6/c1-10-16(22)15(17(23)13(9-19)18(10)24-2)14(21)7-6-11-4-3-5-12(20)8-11/h3-9,20,22-23H,1-2H3. The molecule has 2 aromatic carbocycles. The normalized spacial score (nSPS) is 10.8. The molecule has 0 radical (unpaired) electrons. The molecule has 124 valence electrons. The van der Waals surface area contributed by atoms with Gasteiger partial charge in [-0.1, -0.05) is 18.2 Å². The summed E-state index contributed by atoms with van der Waals surface area (Å²) in [7, 11) is 1.29. The fraction of sp³-hybridized carbons (Fsp3) is 0.111. The van der Waals surface area contributed by atoms with Crippen LogP contribution in [0.25, 0.3) is 6.08 Å². The fourth-order valence-electron chi connectivity index (χ4n) is 2.34. The van der Waals surface area contributed by atoms with Gasteiger partial charge in [0, 0.05) is 5.56 Å². The van der Waals surface area contributed by atoms with Crippen molar-refractivity contribution in [1.29, 1.82) is 0 Å². The van der Waals surface area contributed by atoms with E-state index in [2.05, 4.69) is 0 Å². The van der Waals surface area contributed by atoms with Crippen molar-refractivity contribution in [2.24, 2.45) is 0 Å². The number of carbonyl (C=O) groups is 2. The first-order chi connectivity index (χ1) is 11.4. The molecule has 0 heterocycles. The number of aldehydes is 1. The number of carbonyl (C=O) groups excluding carboxylic acids is 2. The van der Waals surface area contributed by atoms with Gasteiger partial charge in [0.15, 0.2) is 12.1 Å². The van der Waals surface area contributed by atoms with Crippen molar-refractivity contribution in [3.8, 4) is 23.0 Å². The van der Waals surface area contributed by atoms with Crippen molar-refractivity contribution in [2.75, 3.05) is 7.11 Å². The number of hydrogen-bond donors (Lipinski definition) is 3. The Morgan fingerprint density at radius 2 is 1.88 bits per heavy atom. The third-order valence-corrected chi connectivity index (χ3v) is 3.53. The first-order valence-corrected chi connectivity index (χ1v) is 6.99. The summed E-state index contributed by atoms with van der Waals surface area (Å²) in [6, 6.07) is 6.20. The van der Waals surface area contributed by atoms with Crippen LogP contribution in [0.5, 0.6) is 23.0 Å². The van der Waals surface area contributed by atoms with E-state index >= 15 is 0 Å². The van der Waals surface area contributed by atoms with Crippen LogP contribution in [0.15, 0.2) is 30.3 Å². The number of aromatic hydroxyl groups is 3. The van der Waals surface area contributed by atoms with Crippen LogP contribution in [0, 0.1) is 6.92 Å². The molecule has 6 nitrogen and oxygen atoms in total. The number of phenolic OH excluding ortho intramolecular Hbond substituents is 3. The maximum Gasteiger partial charge on any atom is 0.193 e. The van der Waals surface area contributed by atoms with Gasteiger partial charge < -0.3 is 20.1 Å². The van der Waals surface area contributed by atoms with Gasteiger partial charge in [0.2, 0.25) is 0 Å². The van der Waals surface area contributed by atoms with Gasteiger partial charge in [0.25, 0.3) is 0 Å². The summed E-state index contributed by atoms with van der Waals surface area (Å²) >= 11 is 0. The lowest BCUT2D eigenvalue weighted by atomic mass is 9.98. The second-order valence-electron chi connectivity index (χ2n) is 5.05. The van der Waals surface area contributed by atoms with Crippen LogP contribution in [0.4, 0.5) is 0 Å². The zero-order valence-electron chi connectivity index (χ0n) is 13.1. The van der Waals surface area contributed by atoms with Gasteiger partial charge in [-0.3, -0.25) is 9.59 Å². The molecule has 2 rings (SSSR count). The topological polar surface area (TPSA) is 104 Å².